The fourth-order valence-electron chi connectivity index (χ4n) is 3.66. The van der Waals surface area contributed by atoms with E-state index in [0.29, 0.717) is 0 Å². The van der Waals surface area contributed by atoms with Crippen LogP contribution in [0.5, 0.6) is 0 Å². The Bertz CT molecular complexity index is 736. The maximum absolute atomic E-state index is 10.2. The molecule has 0 aliphatic carbocycles. The zero-order valence-electron chi connectivity index (χ0n) is 15.8. The smallest absolute Gasteiger partial charge is 0.136 e. The van der Waals surface area contributed by atoms with Gasteiger partial charge in [0.25, 0.3) is 0 Å². The van der Waals surface area contributed by atoms with E-state index in [2.05, 4.69) is 42.2 Å². The molecule has 3 rings (SSSR count). The number of benzene rings is 2. The Morgan fingerprint density at radius 2 is 1.59 bits per heavy atom. The standard InChI is InChI=1S/C23H26N2S2/c1-19-12-15-25(16-13-19)22(26)27-17-14-23(18-24,20-8-4-2-5-9-20)21-10-6-3-7-11-21/h2-11,19H,12-17H2,1H3. The van der Waals surface area contributed by atoms with Crippen molar-refractivity contribution in [3.63, 3.8) is 0 Å². The second kappa shape index (κ2) is 9.39. The van der Waals surface area contributed by atoms with E-state index in [0.717, 1.165) is 46.6 Å². The number of thiocarbonyl (C=S) groups is 1. The third kappa shape index (κ3) is 4.72. The molecule has 2 nitrogen and oxygen atoms in total. The number of hydrogen-bond acceptors (Lipinski definition) is 3. The lowest BCUT2D eigenvalue weighted by atomic mass is 9.74. The monoisotopic (exact) mass is 394 g/mol. The number of piperidine rings is 1. The van der Waals surface area contributed by atoms with Gasteiger partial charge in [0.05, 0.1) is 6.07 Å². The van der Waals surface area contributed by atoms with Gasteiger partial charge in [-0.25, -0.2) is 0 Å². The minimum absolute atomic E-state index is 0.637. The molecule has 1 heterocycles. The summed E-state index contributed by atoms with van der Waals surface area (Å²) >= 11 is 7.40. The van der Waals surface area contributed by atoms with Gasteiger partial charge in [-0.15, -0.1) is 0 Å². The molecule has 0 amide bonds. The first-order valence-corrected chi connectivity index (χ1v) is 11.0. The molecule has 4 heteroatoms. The van der Waals surface area contributed by atoms with Crippen LogP contribution >= 0.6 is 24.0 Å². The van der Waals surface area contributed by atoms with Gasteiger partial charge in [0, 0.05) is 18.8 Å². The van der Waals surface area contributed by atoms with Gasteiger partial charge in [-0.05, 0) is 36.3 Å². The molecule has 1 fully saturated rings. The lowest BCUT2D eigenvalue weighted by Gasteiger charge is -2.32. The molecule has 0 unspecified atom stereocenters. The van der Waals surface area contributed by atoms with E-state index < -0.39 is 5.41 Å². The molecule has 0 aromatic heterocycles. The van der Waals surface area contributed by atoms with Crippen molar-refractivity contribution in [1.82, 2.24) is 4.90 Å². The number of rotatable bonds is 5. The van der Waals surface area contributed by atoms with Gasteiger partial charge in [0.15, 0.2) is 0 Å². The van der Waals surface area contributed by atoms with Crippen molar-refractivity contribution in [2.24, 2.45) is 5.92 Å². The summed E-state index contributed by atoms with van der Waals surface area (Å²) in [7, 11) is 0. The van der Waals surface area contributed by atoms with Crippen molar-refractivity contribution < 1.29 is 0 Å². The number of nitriles is 1. The van der Waals surface area contributed by atoms with E-state index in [9.17, 15) is 5.26 Å². The summed E-state index contributed by atoms with van der Waals surface area (Å²) in [5.74, 6) is 1.64. The van der Waals surface area contributed by atoms with Crippen LogP contribution < -0.4 is 0 Å². The van der Waals surface area contributed by atoms with Crippen LogP contribution in [0.4, 0.5) is 0 Å². The number of thioether (sulfide) groups is 1. The number of likely N-dealkylation sites (tertiary alicyclic amines) is 1. The molecular weight excluding hydrogens is 368 g/mol. The Labute approximate surface area is 172 Å². The molecule has 0 N–H and O–H groups in total. The lowest BCUT2D eigenvalue weighted by Crippen LogP contribution is -2.36. The zero-order valence-corrected chi connectivity index (χ0v) is 17.4. The molecule has 27 heavy (non-hydrogen) atoms. The Kier molecular flexibility index (Phi) is 6.93. The summed E-state index contributed by atoms with van der Waals surface area (Å²) < 4.78 is 0.981. The van der Waals surface area contributed by atoms with Crippen LogP contribution in [0.1, 0.15) is 37.3 Å². The van der Waals surface area contributed by atoms with Gasteiger partial charge in [-0.3, -0.25) is 0 Å². The van der Waals surface area contributed by atoms with Crippen molar-refractivity contribution in [3.8, 4) is 6.07 Å². The molecular formula is C23H26N2S2. The van der Waals surface area contributed by atoms with Crippen molar-refractivity contribution >= 4 is 28.3 Å². The molecule has 1 saturated heterocycles. The Balaban J connectivity index is 1.73. The van der Waals surface area contributed by atoms with E-state index in [1.54, 1.807) is 11.8 Å². The second-order valence-electron chi connectivity index (χ2n) is 7.28. The molecule has 0 spiro atoms. The van der Waals surface area contributed by atoms with Crippen LogP contribution in [0.3, 0.4) is 0 Å². The van der Waals surface area contributed by atoms with Crippen LogP contribution in [-0.2, 0) is 5.41 Å². The van der Waals surface area contributed by atoms with Crippen molar-refractivity contribution in [2.45, 2.75) is 31.6 Å². The molecule has 2 aromatic carbocycles. The summed E-state index contributed by atoms with van der Waals surface area (Å²) in [5.41, 5.74) is 1.47. The largest absolute Gasteiger partial charge is 0.358 e. The number of hydrogen-bond donors (Lipinski definition) is 0. The summed E-state index contributed by atoms with van der Waals surface area (Å²) in [5, 5.41) is 10.2. The van der Waals surface area contributed by atoms with Crippen LogP contribution in [-0.4, -0.2) is 28.1 Å². The molecule has 1 aliphatic rings. The highest BCUT2D eigenvalue weighted by Gasteiger charge is 2.34. The van der Waals surface area contributed by atoms with Crippen LogP contribution in [0.25, 0.3) is 0 Å². The molecule has 0 atom stereocenters. The highest BCUT2D eigenvalue weighted by atomic mass is 32.2. The van der Waals surface area contributed by atoms with E-state index in [1.807, 2.05) is 36.4 Å². The molecule has 1 aliphatic heterocycles. The third-order valence-electron chi connectivity index (χ3n) is 5.47. The first-order chi connectivity index (χ1) is 13.2. The lowest BCUT2D eigenvalue weighted by molar-refractivity contribution is 0.287. The van der Waals surface area contributed by atoms with E-state index >= 15 is 0 Å². The highest BCUT2D eigenvalue weighted by molar-refractivity contribution is 8.22. The summed E-state index contributed by atoms with van der Waals surface area (Å²) in [6.45, 7) is 4.44. The topological polar surface area (TPSA) is 27.0 Å². The fraction of sp³-hybridized carbons (Fsp3) is 0.391. The van der Waals surface area contributed by atoms with Gasteiger partial charge in [-0.2, -0.15) is 5.26 Å². The summed E-state index contributed by atoms with van der Waals surface area (Å²) in [6.07, 6.45) is 3.18. The minimum Gasteiger partial charge on any atom is -0.358 e. The molecule has 140 valence electrons. The van der Waals surface area contributed by atoms with Crippen molar-refractivity contribution in [2.75, 3.05) is 18.8 Å². The Hall–Kier alpha value is -1.83. The maximum atomic E-state index is 10.2. The van der Waals surface area contributed by atoms with Crippen LogP contribution in [0, 0.1) is 17.2 Å². The first-order valence-electron chi connectivity index (χ1n) is 9.60. The Morgan fingerprint density at radius 1 is 1.07 bits per heavy atom. The second-order valence-corrected chi connectivity index (χ2v) is 9.01. The maximum Gasteiger partial charge on any atom is 0.136 e. The molecule has 0 saturated carbocycles. The van der Waals surface area contributed by atoms with Crippen molar-refractivity contribution in [1.29, 1.82) is 5.26 Å². The quantitative estimate of drug-likeness (QED) is 0.614. The highest BCUT2D eigenvalue weighted by Crippen LogP contribution is 2.36. The van der Waals surface area contributed by atoms with Gasteiger partial charge >= 0.3 is 0 Å². The summed E-state index contributed by atoms with van der Waals surface area (Å²) in [6, 6.07) is 22.9. The first kappa shape index (κ1) is 19.9. The third-order valence-corrected chi connectivity index (χ3v) is 6.99. The van der Waals surface area contributed by atoms with E-state index in [4.69, 9.17) is 12.2 Å². The fourth-order valence-corrected chi connectivity index (χ4v) is 5.04. The van der Waals surface area contributed by atoms with E-state index in [1.165, 1.54) is 12.8 Å². The number of nitrogens with zero attached hydrogens (tertiary/aromatic N) is 2. The van der Waals surface area contributed by atoms with Crippen LogP contribution in [0.15, 0.2) is 60.7 Å². The van der Waals surface area contributed by atoms with Gasteiger partial charge in [0.1, 0.15) is 9.74 Å². The van der Waals surface area contributed by atoms with E-state index in [-0.39, 0.29) is 0 Å². The van der Waals surface area contributed by atoms with Gasteiger partial charge < -0.3 is 4.90 Å². The Morgan fingerprint density at radius 3 is 2.07 bits per heavy atom. The molecule has 0 radical (unpaired) electrons. The molecule has 0 bridgehead atoms. The van der Waals surface area contributed by atoms with Gasteiger partial charge in [-0.1, -0.05) is 91.6 Å². The SMILES string of the molecule is CC1CCN(C(=S)SCCC(C#N)(c2ccccc2)c2ccccc2)CC1. The minimum atomic E-state index is -0.637. The van der Waals surface area contributed by atoms with Crippen molar-refractivity contribution in [3.05, 3.63) is 71.8 Å². The van der Waals surface area contributed by atoms with Gasteiger partial charge in [0.2, 0.25) is 0 Å². The predicted octanol–water partition coefficient (Wildman–Crippen LogP) is 5.64. The predicted molar refractivity (Wildman–Crippen MR) is 119 cm³/mol. The summed E-state index contributed by atoms with van der Waals surface area (Å²) in [4.78, 5) is 2.33. The molecule has 2 aromatic rings. The average molecular weight is 395 g/mol. The zero-order chi connectivity index (χ0) is 19.1. The normalized spacial score (nSPS) is 15.3. The average Bonchev–Trinajstić information content (AvgIpc) is 2.73. The van der Waals surface area contributed by atoms with Crippen LogP contribution in [0.2, 0.25) is 0 Å².